The van der Waals surface area contributed by atoms with Crippen molar-refractivity contribution in [1.82, 2.24) is 10.2 Å². The number of rotatable bonds is 8. The molecule has 20 heteroatoms. The van der Waals surface area contributed by atoms with Crippen molar-refractivity contribution in [2.45, 2.75) is 31.8 Å². The van der Waals surface area contributed by atoms with Crippen LogP contribution >= 0.6 is 23.5 Å². The van der Waals surface area contributed by atoms with Crippen molar-refractivity contribution in [1.29, 1.82) is 5.41 Å². The van der Waals surface area contributed by atoms with E-state index in [1.165, 1.54) is 4.90 Å². The van der Waals surface area contributed by atoms with E-state index in [-0.39, 0.29) is 18.2 Å². The molecule has 6 atom stereocenters. The number of hydrogen-bond donors (Lipinski definition) is 7. The standard InChI is InChI=1S/C12H19N4O13P3/c1-5-3-16(10-9(5)11(18)15-12(13)14-10)8-2-6(17)7(27-8)4-26-31(22,23)29-32(24,25)28-30(19,20)21/h3,6-9,17H,2,4H2,1H3,(H,22,23)(H,24,25)(H2,13,15,18)(H2,19,20,21)/t6-,7+,8+,9?/m0/s1. The first-order chi connectivity index (χ1) is 14.6. The lowest BCUT2D eigenvalue weighted by Crippen LogP contribution is -2.48. The lowest BCUT2D eigenvalue weighted by molar-refractivity contribution is -0.121. The molecular weight excluding hydrogens is 501 g/mol. The Morgan fingerprint density at radius 3 is 2.53 bits per heavy atom. The van der Waals surface area contributed by atoms with E-state index in [0.717, 1.165) is 0 Å². The number of nitrogens with one attached hydrogen (secondary N) is 2. The van der Waals surface area contributed by atoms with Crippen LogP contribution < -0.4 is 5.32 Å². The smallest absolute Gasteiger partial charge is 0.390 e. The van der Waals surface area contributed by atoms with Crippen molar-refractivity contribution in [2.24, 2.45) is 10.9 Å². The summed E-state index contributed by atoms with van der Waals surface area (Å²) in [6, 6.07) is 0. The average molecular weight is 520 g/mol. The Morgan fingerprint density at radius 2 is 1.91 bits per heavy atom. The van der Waals surface area contributed by atoms with Crippen molar-refractivity contribution in [3.63, 3.8) is 0 Å². The summed E-state index contributed by atoms with van der Waals surface area (Å²) >= 11 is 0. The third-order valence-corrected chi connectivity index (χ3v) is 8.19. The minimum Gasteiger partial charge on any atom is -0.390 e. The minimum absolute atomic E-state index is 0.0606. The van der Waals surface area contributed by atoms with Crippen LogP contribution in [0.4, 0.5) is 0 Å². The van der Waals surface area contributed by atoms with Gasteiger partial charge in [0.15, 0.2) is 0 Å². The lowest BCUT2D eigenvalue weighted by atomic mass is 10.0. The molecule has 0 saturated carbocycles. The van der Waals surface area contributed by atoms with Gasteiger partial charge in [0.05, 0.1) is 12.7 Å². The molecule has 7 N–H and O–H groups in total. The molecule has 1 saturated heterocycles. The van der Waals surface area contributed by atoms with Gasteiger partial charge >= 0.3 is 23.5 Å². The summed E-state index contributed by atoms with van der Waals surface area (Å²) in [5.41, 5.74) is 0.601. The number of guanidine groups is 1. The fourth-order valence-corrected chi connectivity index (χ4v) is 6.26. The largest absolute Gasteiger partial charge is 0.490 e. The number of aliphatic hydroxyl groups excluding tert-OH is 1. The second-order valence-corrected chi connectivity index (χ2v) is 11.3. The number of amidine groups is 1. The highest BCUT2D eigenvalue weighted by molar-refractivity contribution is 7.66. The van der Waals surface area contributed by atoms with Crippen molar-refractivity contribution in [2.75, 3.05) is 6.61 Å². The molecule has 32 heavy (non-hydrogen) atoms. The van der Waals surface area contributed by atoms with Gasteiger partial charge < -0.3 is 34.3 Å². The third kappa shape index (κ3) is 5.97. The number of carbonyl (C=O) groups excluding carboxylic acids is 1. The second kappa shape index (κ2) is 8.80. The van der Waals surface area contributed by atoms with Gasteiger partial charge in [0, 0.05) is 12.6 Å². The lowest BCUT2D eigenvalue weighted by Gasteiger charge is -2.28. The normalized spacial score (nSPS) is 32.0. The maximum Gasteiger partial charge on any atom is 0.490 e. The summed E-state index contributed by atoms with van der Waals surface area (Å²) in [6.07, 6.45) is -1.90. The van der Waals surface area contributed by atoms with Gasteiger partial charge in [-0.05, 0) is 12.5 Å². The highest BCUT2D eigenvalue weighted by Crippen LogP contribution is 2.66. The minimum atomic E-state index is -5.67. The first kappa shape index (κ1) is 25.3. The number of aliphatic hydroxyl groups is 1. The molecular formula is C12H19N4O13P3. The van der Waals surface area contributed by atoms with E-state index < -0.39 is 60.3 Å². The Bertz CT molecular complexity index is 1020. The van der Waals surface area contributed by atoms with Crippen molar-refractivity contribution in [3.8, 4) is 0 Å². The van der Waals surface area contributed by atoms with E-state index in [0.29, 0.717) is 5.57 Å². The van der Waals surface area contributed by atoms with Crippen LogP contribution in [0.5, 0.6) is 0 Å². The summed E-state index contributed by atoms with van der Waals surface area (Å²) in [6.45, 7) is 0.830. The van der Waals surface area contributed by atoms with Gasteiger partial charge in [-0.25, -0.2) is 13.7 Å². The monoisotopic (exact) mass is 520 g/mol. The number of phosphoric acid groups is 3. The van der Waals surface area contributed by atoms with Gasteiger partial charge in [0.25, 0.3) is 0 Å². The van der Waals surface area contributed by atoms with Gasteiger partial charge in [-0.3, -0.25) is 20.0 Å². The highest BCUT2D eigenvalue weighted by atomic mass is 31.3. The van der Waals surface area contributed by atoms with Crippen LogP contribution in [0, 0.1) is 11.3 Å². The summed E-state index contributed by atoms with van der Waals surface area (Å²) in [5.74, 6) is -1.39. The van der Waals surface area contributed by atoms with Crippen molar-refractivity contribution < 1.29 is 61.1 Å². The number of carbonyl (C=O) groups is 1. The van der Waals surface area contributed by atoms with Crippen molar-refractivity contribution >= 4 is 41.2 Å². The Kier molecular flexibility index (Phi) is 6.96. The fraction of sp³-hybridized carbons (Fsp3) is 0.583. The summed E-state index contributed by atoms with van der Waals surface area (Å²) in [4.78, 5) is 53.2. The van der Waals surface area contributed by atoms with E-state index in [1.807, 2.05) is 0 Å². The molecule has 17 nitrogen and oxygen atoms in total. The van der Waals surface area contributed by atoms with Crippen LogP contribution in [0.2, 0.25) is 0 Å². The third-order valence-electron chi connectivity index (χ3n) is 4.38. The topological polar surface area (TPSA) is 258 Å². The first-order valence-corrected chi connectivity index (χ1v) is 13.2. The maximum atomic E-state index is 12.1. The van der Waals surface area contributed by atoms with Crippen LogP contribution in [0.1, 0.15) is 13.3 Å². The average Bonchev–Trinajstić information content (AvgIpc) is 3.09. The zero-order valence-electron chi connectivity index (χ0n) is 16.0. The maximum absolute atomic E-state index is 12.1. The predicted molar refractivity (Wildman–Crippen MR) is 101 cm³/mol. The number of fused-ring (bicyclic) bond motifs is 1. The van der Waals surface area contributed by atoms with Gasteiger partial charge in [0.1, 0.15) is 24.1 Å². The Hall–Kier alpha value is -1.32. The summed E-state index contributed by atoms with van der Waals surface area (Å²) in [7, 11) is -16.6. The predicted octanol–water partition coefficient (Wildman–Crippen LogP) is -0.896. The van der Waals surface area contributed by atoms with Crippen LogP contribution in [0.25, 0.3) is 0 Å². The molecule has 0 aromatic carbocycles. The summed E-state index contributed by atoms with van der Waals surface area (Å²) < 4.78 is 51.1. The van der Waals surface area contributed by atoms with E-state index in [1.54, 1.807) is 13.1 Å². The van der Waals surface area contributed by atoms with Gasteiger partial charge in [0.2, 0.25) is 11.9 Å². The SMILES string of the molecule is CC1=CN([C@H]2C[C@H](O)[C@@H](COP(=O)(O)OP(=O)(O)OP(=O)(O)O)O2)C2=NC(=N)NC(=O)C12. The number of ether oxygens (including phenoxy) is 1. The second-order valence-electron chi connectivity index (χ2n) is 6.84. The van der Waals surface area contributed by atoms with Crippen LogP contribution in [-0.2, 0) is 36.4 Å². The number of aliphatic imine (C=N–C) groups is 1. The molecule has 0 aliphatic carbocycles. The molecule has 0 radical (unpaired) electrons. The zero-order valence-corrected chi connectivity index (χ0v) is 18.7. The molecule has 0 bridgehead atoms. The molecule has 3 unspecified atom stereocenters. The van der Waals surface area contributed by atoms with E-state index in [4.69, 9.17) is 24.8 Å². The fourth-order valence-electron chi connectivity index (χ4n) is 3.23. The van der Waals surface area contributed by atoms with Crippen molar-refractivity contribution in [3.05, 3.63) is 11.8 Å². The van der Waals surface area contributed by atoms with E-state index in [9.17, 15) is 28.5 Å². The highest BCUT2D eigenvalue weighted by Gasteiger charge is 2.47. The molecule has 3 aliphatic heterocycles. The molecule has 3 rings (SSSR count). The van der Waals surface area contributed by atoms with Crippen LogP contribution in [0.3, 0.4) is 0 Å². The molecule has 0 spiro atoms. The molecule has 1 fully saturated rings. The van der Waals surface area contributed by atoms with E-state index in [2.05, 4.69) is 23.5 Å². The molecule has 0 aromatic rings. The number of hydrogen-bond acceptors (Lipinski definition) is 11. The first-order valence-electron chi connectivity index (χ1n) is 8.63. The molecule has 1 amide bonds. The molecule has 180 valence electrons. The molecule has 0 aromatic heterocycles. The number of amides is 1. The molecule has 3 aliphatic rings. The Balaban J connectivity index is 1.63. The van der Waals surface area contributed by atoms with Gasteiger partial charge in [-0.1, -0.05) is 0 Å². The Labute approximate surface area is 179 Å². The quantitative estimate of drug-likeness (QED) is 0.192. The van der Waals surface area contributed by atoms with Crippen LogP contribution in [-0.4, -0.2) is 72.3 Å². The summed E-state index contributed by atoms with van der Waals surface area (Å²) in [5, 5.41) is 20.1. The van der Waals surface area contributed by atoms with Gasteiger partial charge in [-0.15, -0.1) is 0 Å². The van der Waals surface area contributed by atoms with E-state index >= 15 is 0 Å². The molecule has 3 heterocycles. The van der Waals surface area contributed by atoms with Gasteiger partial charge in [-0.2, -0.15) is 13.6 Å². The Morgan fingerprint density at radius 1 is 1.25 bits per heavy atom. The number of phosphoric ester groups is 1. The van der Waals surface area contributed by atoms with Crippen LogP contribution in [0.15, 0.2) is 16.8 Å². The number of nitrogens with zero attached hydrogens (tertiary/aromatic N) is 2. The zero-order chi connectivity index (χ0) is 24.1.